The fourth-order valence-corrected chi connectivity index (χ4v) is 2.97. The van der Waals surface area contributed by atoms with Crippen LogP contribution >= 0.6 is 15.9 Å². The molecular formula is C14H21BrN2O. The maximum atomic E-state index is 9.42. The fourth-order valence-electron chi connectivity index (χ4n) is 2.47. The van der Waals surface area contributed by atoms with Crippen molar-refractivity contribution in [2.75, 3.05) is 24.6 Å². The van der Waals surface area contributed by atoms with Gasteiger partial charge in [-0.2, -0.15) is 0 Å². The highest BCUT2D eigenvalue weighted by molar-refractivity contribution is 9.10. The lowest BCUT2D eigenvalue weighted by atomic mass is 9.97. The Balaban J connectivity index is 2.34. The number of rotatable bonds is 2. The van der Waals surface area contributed by atoms with Crippen molar-refractivity contribution < 1.29 is 5.11 Å². The van der Waals surface area contributed by atoms with Gasteiger partial charge in [0.15, 0.2) is 0 Å². The SMILES string of the molecule is CC1(C)CCNC(CO)CN1c1ccccc1Br. The van der Waals surface area contributed by atoms with Crippen molar-refractivity contribution >= 4 is 21.6 Å². The van der Waals surface area contributed by atoms with Crippen LogP contribution in [0.1, 0.15) is 20.3 Å². The zero-order chi connectivity index (χ0) is 13.2. The third-order valence-corrected chi connectivity index (χ3v) is 4.34. The summed E-state index contributed by atoms with van der Waals surface area (Å²) in [5.74, 6) is 0. The molecule has 3 nitrogen and oxygen atoms in total. The van der Waals surface area contributed by atoms with E-state index in [9.17, 15) is 5.11 Å². The van der Waals surface area contributed by atoms with E-state index in [4.69, 9.17) is 0 Å². The van der Waals surface area contributed by atoms with Gasteiger partial charge in [-0.25, -0.2) is 0 Å². The van der Waals surface area contributed by atoms with Crippen LogP contribution in [-0.4, -0.2) is 36.4 Å². The topological polar surface area (TPSA) is 35.5 Å². The summed E-state index contributed by atoms with van der Waals surface area (Å²) >= 11 is 3.63. The standard InChI is InChI=1S/C14H21BrN2O/c1-14(2)7-8-16-11(10-18)9-17(14)13-6-4-3-5-12(13)15/h3-6,11,16,18H,7-10H2,1-2H3. The number of anilines is 1. The van der Waals surface area contributed by atoms with Crippen LogP contribution in [0.15, 0.2) is 28.7 Å². The van der Waals surface area contributed by atoms with Gasteiger partial charge in [-0.3, -0.25) is 0 Å². The summed E-state index contributed by atoms with van der Waals surface area (Å²) in [6.07, 6.45) is 1.06. The molecule has 1 atom stereocenters. The Morgan fingerprint density at radius 3 is 2.83 bits per heavy atom. The van der Waals surface area contributed by atoms with Gasteiger partial charge >= 0.3 is 0 Å². The number of aliphatic hydroxyl groups excluding tert-OH is 1. The predicted molar refractivity (Wildman–Crippen MR) is 79.1 cm³/mol. The summed E-state index contributed by atoms with van der Waals surface area (Å²) < 4.78 is 1.11. The van der Waals surface area contributed by atoms with Crippen LogP contribution in [0.25, 0.3) is 0 Å². The van der Waals surface area contributed by atoms with Crippen LogP contribution in [0, 0.1) is 0 Å². The largest absolute Gasteiger partial charge is 0.395 e. The van der Waals surface area contributed by atoms with Crippen molar-refractivity contribution in [3.63, 3.8) is 0 Å². The molecule has 1 unspecified atom stereocenters. The molecule has 2 rings (SSSR count). The number of aliphatic hydroxyl groups is 1. The highest BCUT2D eigenvalue weighted by atomic mass is 79.9. The predicted octanol–water partition coefficient (Wildman–Crippen LogP) is 2.39. The van der Waals surface area contributed by atoms with Crippen LogP contribution in [0.5, 0.6) is 0 Å². The molecule has 100 valence electrons. The molecule has 1 fully saturated rings. The first-order valence-electron chi connectivity index (χ1n) is 6.41. The summed E-state index contributed by atoms with van der Waals surface area (Å²) in [5, 5.41) is 12.8. The molecule has 2 N–H and O–H groups in total. The van der Waals surface area contributed by atoms with Crippen LogP contribution in [0.2, 0.25) is 0 Å². The molecule has 0 saturated carbocycles. The lowest BCUT2D eigenvalue weighted by Gasteiger charge is -2.40. The third-order valence-electron chi connectivity index (χ3n) is 3.67. The smallest absolute Gasteiger partial charge is 0.0601 e. The van der Waals surface area contributed by atoms with Crippen molar-refractivity contribution in [1.29, 1.82) is 0 Å². The number of halogens is 1. The monoisotopic (exact) mass is 312 g/mol. The first-order valence-corrected chi connectivity index (χ1v) is 7.20. The van der Waals surface area contributed by atoms with Gasteiger partial charge in [-0.15, -0.1) is 0 Å². The molecule has 0 radical (unpaired) electrons. The van der Waals surface area contributed by atoms with Crippen molar-refractivity contribution in [2.24, 2.45) is 0 Å². The minimum atomic E-state index is 0.0841. The maximum Gasteiger partial charge on any atom is 0.0601 e. The average Bonchev–Trinajstić information content (AvgIpc) is 2.48. The van der Waals surface area contributed by atoms with Gasteiger partial charge in [0.1, 0.15) is 0 Å². The van der Waals surface area contributed by atoms with E-state index >= 15 is 0 Å². The first kappa shape index (κ1) is 13.8. The molecule has 1 aromatic carbocycles. The van der Waals surface area contributed by atoms with E-state index in [1.807, 2.05) is 6.07 Å². The lowest BCUT2D eigenvalue weighted by Crippen LogP contribution is -2.47. The molecule has 0 aromatic heterocycles. The summed E-state index contributed by atoms with van der Waals surface area (Å²) in [6, 6.07) is 8.42. The van der Waals surface area contributed by atoms with E-state index < -0.39 is 0 Å². The zero-order valence-electron chi connectivity index (χ0n) is 11.0. The molecule has 1 heterocycles. The van der Waals surface area contributed by atoms with Gasteiger partial charge in [0.25, 0.3) is 0 Å². The molecule has 4 heteroatoms. The van der Waals surface area contributed by atoms with Crippen LogP contribution in [-0.2, 0) is 0 Å². The third kappa shape index (κ3) is 2.87. The summed E-state index contributed by atoms with van der Waals surface area (Å²) in [7, 11) is 0. The fraction of sp³-hybridized carbons (Fsp3) is 0.571. The number of para-hydroxylation sites is 1. The Morgan fingerprint density at radius 1 is 1.44 bits per heavy atom. The van der Waals surface area contributed by atoms with Crippen molar-refractivity contribution in [3.8, 4) is 0 Å². The molecule has 1 aliphatic heterocycles. The number of hydrogen-bond donors (Lipinski definition) is 2. The number of hydrogen-bond acceptors (Lipinski definition) is 3. The quantitative estimate of drug-likeness (QED) is 0.880. The summed E-state index contributed by atoms with van der Waals surface area (Å²) in [6.45, 7) is 6.46. The van der Waals surface area contributed by atoms with E-state index in [0.29, 0.717) is 0 Å². The van der Waals surface area contributed by atoms with E-state index in [0.717, 1.165) is 24.0 Å². The van der Waals surface area contributed by atoms with Gasteiger partial charge in [-0.1, -0.05) is 12.1 Å². The zero-order valence-corrected chi connectivity index (χ0v) is 12.6. The van der Waals surface area contributed by atoms with Gasteiger partial charge in [0, 0.05) is 22.6 Å². The van der Waals surface area contributed by atoms with Gasteiger partial charge < -0.3 is 15.3 Å². The minimum Gasteiger partial charge on any atom is -0.395 e. The van der Waals surface area contributed by atoms with E-state index in [1.54, 1.807) is 0 Å². The number of benzene rings is 1. The lowest BCUT2D eigenvalue weighted by molar-refractivity contribution is 0.248. The van der Waals surface area contributed by atoms with Gasteiger partial charge in [0.2, 0.25) is 0 Å². The van der Waals surface area contributed by atoms with Crippen LogP contribution in [0.4, 0.5) is 5.69 Å². The Labute approximate surface area is 117 Å². The maximum absolute atomic E-state index is 9.42. The molecular weight excluding hydrogens is 292 g/mol. The number of nitrogens with one attached hydrogen (secondary N) is 1. The van der Waals surface area contributed by atoms with Gasteiger partial charge in [0.05, 0.1) is 12.3 Å². The Bertz CT molecular complexity index is 409. The Morgan fingerprint density at radius 2 is 2.17 bits per heavy atom. The van der Waals surface area contributed by atoms with E-state index in [2.05, 4.69) is 58.2 Å². The second kappa shape index (κ2) is 5.59. The normalized spacial score (nSPS) is 23.8. The minimum absolute atomic E-state index is 0.0841. The second-order valence-electron chi connectivity index (χ2n) is 5.46. The molecule has 0 aliphatic carbocycles. The molecule has 1 aliphatic rings. The van der Waals surface area contributed by atoms with Crippen LogP contribution < -0.4 is 10.2 Å². The molecule has 1 saturated heterocycles. The molecule has 0 bridgehead atoms. The number of nitrogens with zero attached hydrogens (tertiary/aromatic N) is 1. The molecule has 18 heavy (non-hydrogen) atoms. The van der Waals surface area contributed by atoms with Crippen molar-refractivity contribution in [1.82, 2.24) is 5.32 Å². The Kier molecular flexibility index (Phi) is 4.30. The van der Waals surface area contributed by atoms with Gasteiger partial charge in [-0.05, 0) is 54.9 Å². The highest BCUT2D eigenvalue weighted by Crippen LogP contribution is 2.33. The second-order valence-corrected chi connectivity index (χ2v) is 6.31. The van der Waals surface area contributed by atoms with Crippen molar-refractivity contribution in [3.05, 3.63) is 28.7 Å². The Hall–Kier alpha value is -0.580. The first-order chi connectivity index (χ1) is 8.54. The molecule has 0 amide bonds. The molecule has 1 aromatic rings. The van der Waals surface area contributed by atoms with Crippen LogP contribution in [0.3, 0.4) is 0 Å². The summed E-state index contributed by atoms with van der Waals surface area (Å²) in [5.41, 5.74) is 1.28. The molecule has 0 spiro atoms. The van der Waals surface area contributed by atoms with E-state index in [-0.39, 0.29) is 18.2 Å². The summed E-state index contributed by atoms with van der Waals surface area (Å²) in [4.78, 5) is 2.39. The average molecular weight is 313 g/mol. The van der Waals surface area contributed by atoms with E-state index in [1.165, 1.54) is 5.69 Å². The highest BCUT2D eigenvalue weighted by Gasteiger charge is 2.32. The van der Waals surface area contributed by atoms with Crippen molar-refractivity contribution in [2.45, 2.75) is 31.8 Å².